The van der Waals surface area contributed by atoms with Gasteiger partial charge in [0.15, 0.2) is 0 Å². The van der Waals surface area contributed by atoms with E-state index in [1.165, 1.54) is 5.39 Å². The SMILES string of the molecule is c1ccc(-c2ccc(-n3c4cccnc4c4ncc5c6ccccc6n(-c6ccccc6)c5c43)cn2)cc1. The highest BCUT2D eigenvalue weighted by molar-refractivity contribution is 6.21. The number of hydrogen-bond acceptors (Lipinski definition) is 3. The molecule has 5 nitrogen and oxygen atoms in total. The van der Waals surface area contributed by atoms with Gasteiger partial charge in [0.1, 0.15) is 11.0 Å². The van der Waals surface area contributed by atoms with Crippen LogP contribution in [-0.4, -0.2) is 24.1 Å². The summed E-state index contributed by atoms with van der Waals surface area (Å²) in [5.74, 6) is 0. The number of rotatable bonds is 3. The molecule has 5 heteroatoms. The van der Waals surface area contributed by atoms with Crippen LogP contribution in [0.25, 0.3) is 66.5 Å². The van der Waals surface area contributed by atoms with Crippen LogP contribution < -0.4 is 0 Å². The summed E-state index contributed by atoms with van der Waals surface area (Å²) in [7, 11) is 0. The zero-order valence-corrected chi connectivity index (χ0v) is 20.4. The highest BCUT2D eigenvalue weighted by Crippen LogP contribution is 2.39. The summed E-state index contributed by atoms with van der Waals surface area (Å²) >= 11 is 0. The Bertz CT molecular complexity index is 2110. The minimum absolute atomic E-state index is 0.875. The maximum Gasteiger partial charge on any atom is 0.117 e. The van der Waals surface area contributed by atoms with Crippen LogP contribution in [0.3, 0.4) is 0 Å². The van der Waals surface area contributed by atoms with Gasteiger partial charge in [0.05, 0.1) is 39.6 Å². The van der Waals surface area contributed by atoms with E-state index in [-0.39, 0.29) is 0 Å². The predicted octanol–water partition coefficient (Wildman–Crippen LogP) is 7.73. The van der Waals surface area contributed by atoms with Crippen molar-refractivity contribution < 1.29 is 0 Å². The molecular formula is C33H21N5. The average molecular weight is 488 g/mol. The Morgan fingerprint density at radius 2 is 1.18 bits per heavy atom. The van der Waals surface area contributed by atoms with Crippen molar-refractivity contribution in [3.05, 3.63) is 128 Å². The van der Waals surface area contributed by atoms with E-state index in [4.69, 9.17) is 15.0 Å². The Balaban J connectivity index is 1.52. The van der Waals surface area contributed by atoms with Crippen LogP contribution >= 0.6 is 0 Å². The van der Waals surface area contributed by atoms with E-state index in [9.17, 15) is 0 Å². The van der Waals surface area contributed by atoms with E-state index < -0.39 is 0 Å². The smallest absolute Gasteiger partial charge is 0.117 e. The van der Waals surface area contributed by atoms with Crippen molar-refractivity contribution in [3.63, 3.8) is 0 Å². The molecule has 38 heavy (non-hydrogen) atoms. The minimum atomic E-state index is 0.875. The van der Waals surface area contributed by atoms with E-state index in [0.717, 1.165) is 61.1 Å². The third-order valence-electron chi connectivity index (χ3n) is 7.25. The van der Waals surface area contributed by atoms with Gasteiger partial charge in [0.2, 0.25) is 0 Å². The van der Waals surface area contributed by atoms with Gasteiger partial charge in [-0.2, -0.15) is 0 Å². The second-order valence-electron chi connectivity index (χ2n) is 9.38. The fraction of sp³-hybridized carbons (Fsp3) is 0. The standard InChI is InChI=1S/C33H21N5/c1-3-10-22(11-4-1)27-18-17-24(20-35-27)38-29-16-9-19-34-30(29)31-33(38)32-26(21-36-31)25-14-7-8-15-28(25)37(32)23-12-5-2-6-13-23/h1-21H. The normalized spacial score (nSPS) is 11.7. The molecule has 5 aromatic heterocycles. The first-order valence-corrected chi connectivity index (χ1v) is 12.6. The van der Waals surface area contributed by atoms with E-state index in [2.05, 4.69) is 94.1 Å². The van der Waals surface area contributed by atoms with Gasteiger partial charge in [-0.1, -0.05) is 66.7 Å². The van der Waals surface area contributed by atoms with Crippen molar-refractivity contribution in [1.82, 2.24) is 24.1 Å². The van der Waals surface area contributed by atoms with Gasteiger partial charge in [-0.3, -0.25) is 15.0 Å². The van der Waals surface area contributed by atoms with Crippen LogP contribution in [-0.2, 0) is 0 Å². The second kappa shape index (κ2) is 8.11. The van der Waals surface area contributed by atoms with Crippen molar-refractivity contribution >= 4 is 43.9 Å². The summed E-state index contributed by atoms with van der Waals surface area (Å²) in [6, 6.07) is 37.6. The van der Waals surface area contributed by atoms with E-state index in [1.54, 1.807) is 0 Å². The Labute approximate surface area is 218 Å². The lowest BCUT2D eigenvalue weighted by Crippen LogP contribution is -1.99. The molecule has 3 aromatic carbocycles. The predicted molar refractivity (Wildman–Crippen MR) is 154 cm³/mol. The molecular weight excluding hydrogens is 466 g/mol. The van der Waals surface area contributed by atoms with Crippen LogP contribution in [0.5, 0.6) is 0 Å². The van der Waals surface area contributed by atoms with Crippen molar-refractivity contribution in [3.8, 4) is 22.6 Å². The van der Waals surface area contributed by atoms with Crippen LogP contribution in [0, 0.1) is 0 Å². The Hall–Kier alpha value is -5.29. The molecule has 0 bridgehead atoms. The molecule has 8 rings (SSSR count). The molecule has 178 valence electrons. The first kappa shape index (κ1) is 20.9. The largest absolute Gasteiger partial charge is 0.307 e. The van der Waals surface area contributed by atoms with Crippen LogP contribution in [0.4, 0.5) is 0 Å². The van der Waals surface area contributed by atoms with Gasteiger partial charge in [-0.15, -0.1) is 0 Å². The highest BCUT2D eigenvalue weighted by Gasteiger charge is 2.22. The van der Waals surface area contributed by atoms with Crippen LogP contribution in [0.1, 0.15) is 0 Å². The maximum absolute atomic E-state index is 4.99. The van der Waals surface area contributed by atoms with Crippen LogP contribution in [0.2, 0.25) is 0 Å². The number of pyridine rings is 3. The molecule has 0 saturated heterocycles. The van der Waals surface area contributed by atoms with Gasteiger partial charge < -0.3 is 9.13 Å². The lowest BCUT2D eigenvalue weighted by molar-refractivity contribution is 1.12. The lowest BCUT2D eigenvalue weighted by Gasteiger charge is -2.12. The second-order valence-corrected chi connectivity index (χ2v) is 9.38. The molecule has 0 saturated carbocycles. The van der Waals surface area contributed by atoms with Gasteiger partial charge in [-0.05, 0) is 42.5 Å². The molecule has 0 radical (unpaired) electrons. The number of para-hydroxylation sites is 2. The molecule has 5 heterocycles. The number of aromatic nitrogens is 5. The quantitative estimate of drug-likeness (QED) is 0.256. The zero-order chi connectivity index (χ0) is 25.1. The van der Waals surface area contributed by atoms with Gasteiger partial charge >= 0.3 is 0 Å². The molecule has 0 atom stereocenters. The molecule has 0 fully saturated rings. The molecule has 0 aliphatic heterocycles. The Morgan fingerprint density at radius 3 is 2.00 bits per heavy atom. The van der Waals surface area contributed by atoms with Crippen molar-refractivity contribution in [2.24, 2.45) is 0 Å². The first-order valence-electron chi connectivity index (χ1n) is 12.6. The lowest BCUT2D eigenvalue weighted by atomic mass is 10.1. The molecule has 0 aliphatic carbocycles. The number of benzene rings is 3. The zero-order valence-electron chi connectivity index (χ0n) is 20.4. The number of fused-ring (bicyclic) bond motifs is 7. The molecule has 8 aromatic rings. The van der Waals surface area contributed by atoms with Gasteiger partial charge in [-0.25, -0.2) is 0 Å². The first-order chi connectivity index (χ1) is 18.9. The average Bonchev–Trinajstić information content (AvgIpc) is 3.51. The van der Waals surface area contributed by atoms with Crippen molar-refractivity contribution in [2.75, 3.05) is 0 Å². The minimum Gasteiger partial charge on any atom is -0.307 e. The van der Waals surface area contributed by atoms with E-state index in [1.807, 2.05) is 42.9 Å². The van der Waals surface area contributed by atoms with Crippen molar-refractivity contribution in [2.45, 2.75) is 0 Å². The summed E-state index contributed by atoms with van der Waals surface area (Å²) in [4.78, 5) is 14.6. The molecule has 0 aliphatic rings. The van der Waals surface area contributed by atoms with Gasteiger partial charge in [0.25, 0.3) is 0 Å². The monoisotopic (exact) mass is 487 g/mol. The summed E-state index contributed by atoms with van der Waals surface area (Å²) in [6.45, 7) is 0. The Morgan fingerprint density at radius 1 is 0.447 bits per heavy atom. The van der Waals surface area contributed by atoms with Crippen LogP contribution in [0.15, 0.2) is 128 Å². The summed E-state index contributed by atoms with van der Waals surface area (Å²) in [6.07, 6.45) is 5.78. The Kier molecular flexibility index (Phi) is 4.45. The fourth-order valence-corrected chi connectivity index (χ4v) is 5.61. The van der Waals surface area contributed by atoms with Crippen molar-refractivity contribution in [1.29, 1.82) is 0 Å². The third kappa shape index (κ3) is 2.96. The number of hydrogen-bond donors (Lipinski definition) is 0. The fourth-order valence-electron chi connectivity index (χ4n) is 5.61. The molecule has 0 unspecified atom stereocenters. The van der Waals surface area contributed by atoms with E-state index >= 15 is 0 Å². The molecule has 0 spiro atoms. The summed E-state index contributed by atoms with van der Waals surface area (Å²) < 4.78 is 4.60. The summed E-state index contributed by atoms with van der Waals surface area (Å²) in [5.41, 5.74) is 10.1. The third-order valence-corrected chi connectivity index (χ3v) is 7.25. The topological polar surface area (TPSA) is 48.5 Å². The molecule has 0 N–H and O–H groups in total. The highest BCUT2D eigenvalue weighted by atomic mass is 15.1. The molecule has 0 amide bonds. The van der Waals surface area contributed by atoms with Gasteiger partial charge in [0, 0.05) is 34.4 Å². The number of nitrogens with zero attached hydrogens (tertiary/aromatic N) is 5. The maximum atomic E-state index is 4.99. The van der Waals surface area contributed by atoms with E-state index in [0.29, 0.717) is 0 Å². The summed E-state index contributed by atoms with van der Waals surface area (Å²) in [5, 5.41) is 2.28.